The van der Waals surface area contributed by atoms with Crippen LogP contribution in [0, 0.1) is 37.5 Å². The van der Waals surface area contributed by atoms with Gasteiger partial charge in [-0.05, 0) is 85.7 Å². The highest BCUT2D eigenvalue weighted by atomic mass is 32.2. The summed E-state index contributed by atoms with van der Waals surface area (Å²) >= 11 is -2.36. The van der Waals surface area contributed by atoms with Crippen LogP contribution >= 0.6 is 0 Å². The fourth-order valence-electron chi connectivity index (χ4n) is 5.61. The molecule has 4 atom stereocenters. The Labute approximate surface area is 326 Å². The zero-order valence-corrected chi connectivity index (χ0v) is 32.6. The highest BCUT2D eigenvalue weighted by molar-refractivity contribution is 7.92. The molecule has 54 heavy (non-hydrogen) atoms. The van der Waals surface area contributed by atoms with E-state index in [1.165, 1.54) is 0 Å². The monoisotopic (exact) mass is 748 g/mol. The molecule has 0 heterocycles. The van der Waals surface area contributed by atoms with Gasteiger partial charge in [0.25, 0.3) is 0 Å². The van der Waals surface area contributed by atoms with E-state index in [-0.39, 0.29) is 0 Å². The van der Waals surface area contributed by atoms with Crippen molar-refractivity contribution in [1.29, 1.82) is 0 Å². The molecule has 6 heteroatoms. The third kappa shape index (κ3) is 10.1. The van der Waals surface area contributed by atoms with Gasteiger partial charge in [0.15, 0.2) is 19.6 Å². The van der Waals surface area contributed by atoms with Crippen molar-refractivity contribution >= 4 is 22.4 Å². The molecule has 0 bridgehead atoms. The molecular weight excluding hydrogens is 705 g/mol. The van der Waals surface area contributed by atoms with E-state index in [0.717, 1.165) is 32.0 Å². The van der Waals surface area contributed by atoms with Crippen LogP contribution in [0.5, 0.6) is 0 Å². The average Bonchev–Trinajstić information content (AvgIpc) is 3.23. The molecule has 0 aliphatic carbocycles. The van der Waals surface area contributed by atoms with E-state index in [0.29, 0.717) is 33.8 Å². The number of aryl methyl sites for hydroxylation is 2. The minimum Gasteiger partial charge on any atom is -0.836 e. The third-order valence-electron chi connectivity index (χ3n) is 8.91. The molecule has 6 aromatic carbocycles. The fraction of sp³-hybridized carbons (Fsp3) is 0.167. The Bertz CT molecular complexity index is 2070. The van der Waals surface area contributed by atoms with Crippen LogP contribution in [0.15, 0.2) is 177 Å². The predicted molar refractivity (Wildman–Crippen MR) is 219 cm³/mol. The lowest BCUT2D eigenvalue weighted by atomic mass is 9.91. The maximum absolute atomic E-state index is 13.6. The van der Waals surface area contributed by atoms with E-state index in [4.69, 9.17) is 0 Å². The van der Waals surface area contributed by atoms with Crippen LogP contribution in [0.1, 0.15) is 60.1 Å². The minimum absolute atomic E-state index is 0.314. The van der Waals surface area contributed by atoms with Gasteiger partial charge in [-0.2, -0.15) is 9.11 Å². The Hall–Kier alpha value is -5.02. The minimum atomic E-state index is -1.58. The van der Waals surface area contributed by atoms with Gasteiger partial charge in [-0.15, -0.1) is 11.8 Å². The van der Waals surface area contributed by atoms with Crippen LogP contribution in [0.4, 0.5) is 0 Å². The first-order chi connectivity index (χ1) is 26.1. The van der Waals surface area contributed by atoms with Crippen LogP contribution in [-0.2, 0) is 33.6 Å². The largest absolute Gasteiger partial charge is 0.836 e. The lowest BCUT2D eigenvalue weighted by Gasteiger charge is -2.34. The van der Waals surface area contributed by atoms with Crippen molar-refractivity contribution in [2.24, 2.45) is 0 Å². The number of hydrogen-bond acceptors (Lipinski definition) is 4. The summed E-state index contributed by atoms with van der Waals surface area (Å²) in [4.78, 5) is 2.87. The standard InChI is InChI=1S/2C24H22O2S/c2*1-3-24(25,18-17-20-9-5-4-6-10-20)22-11-7-8-12-23(22)27(26)21-15-13-19(2)14-16-21/h2*4-16,26H,3H2,1-2H3/t2*24-,27?/m11/s1. The Morgan fingerprint density at radius 2 is 0.778 bits per heavy atom. The third-order valence-corrected chi connectivity index (χ3v) is 11.9. The van der Waals surface area contributed by atoms with Gasteiger partial charge in [0.05, 0.1) is 0 Å². The molecule has 0 saturated carbocycles. The molecule has 0 fully saturated rings. The molecule has 0 aliphatic heterocycles. The van der Waals surface area contributed by atoms with Crippen LogP contribution in [0.25, 0.3) is 0 Å². The maximum atomic E-state index is 13.6. The lowest BCUT2D eigenvalue weighted by molar-refractivity contribution is -0.466. The summed E-state index contributed by atoms with van der Waals surface area (Å²) in [7, 11) is 0. The van der Waals surface area contributed by atoms with Crippen LogP contribution < -0.4 is 10.2 Å². The van der Waals surface area contributed by atoms with E-state index in [1.54, 1.807) is 12.1 Å². The van der Waals surface area contributed by atoms with Gasteiger partial charge >= 0.3 is 0 Å². The van der Waals surface area contributed by atoms with Crippen LogP contribution in [0.3, 0.4) is 0 Å². The maximum Gasteiger partial charge on any atom is 0.220 e. The Morgan fingerprint density at radius 3 is 1.11 bits per heavy atom. The van der Waals surface area contributed by atoms with Gasteiger partial charge in [0.1, 0.15) is 0 Å². The first-order valence-electron chi connectivity index (χ1n) is 17.8. The smallest absolute Gasteiger partial charge is 0.220 e. The molecule has 0 aliphatic rings. The highest BCUT2D eigenvalue weighted by Crippen LogP contribution is 2.33. The van der Waals surface area contributed by atoms with Crippen molar-refractivity contribution in [3.8, 4) is 23.7 Å². The second-order valence-corrected chi connectivity index (χ2v) is 15.7. The molecule has 272 valence electrons. The molecule has 0 saturated heterocycles. The summed E-state index contributed by atoms with van der Waals surface area (Å²) < 4.78 is 21.9. The summed E-state index contributed by atoms with van der Waals surface area (Å²) in [6, 6.07) is 49.1. The van der Waals surface area contributed by atoms with Crippen molar-refractivity contribution < 1.29 is 19.3 Å². The van der Waals surface area contributed by atoms with Gasteiger partial charge in [0, 0.05) is 22.3 Å². The van der Waals surface area contributed by atoms with E-state index in [1.807, 2.05) is 173 Å². The van der Waals surface area contributed by atoms with Gasteiger partial charge in [-0.1, -0.05) is 147 Å². The molecule has 4 nitrogen and oxygen atoms in total. The van der Waals surface area contributed by atoms with Gasteiger partial charge in [0.2, 0.25) is 22.4 Å². The second kappa shape index (κ2) is 18.8. The molecule has 0 aromatic heterocycles. The molecule has 2 N–H and O–H groups in total. The molecule has 0 radical (unpaired) electrons. The highest BCUT2D eigenvalue weighted by Gasteiger charge is 2.32. The van der Waals surface area contributed by atoms with Crippen LogP contribution in [0.2, 0.25) is 0 Å². The predicted octanol–water partition coefficient (Wildman–Crippen LogP) is 9.04. The molecule has 6 rings (SSSR count). The molecule has 2 unspecified atom stereocenters. The number of hydrogen-bond donors (Lipinski definition) is 2. The van der Waals surface area contributed by atoms with E-state index < -0.39 is 33.6 Å². The zero-order chi connectivity index (χ0) is 38.6. The molecule has 0 spiro atoms. The molecule has 0 amide bonds. The van der Waals surface area contributed by atoms with Crippen molar-refractivity contribution in [1.82, 2.24) is 0 Å². The normalized spacial score (nSPS) is 13.9. The van der Waals surface area contributed by atoms with Gasteiger partial charge < -0.3 is 10.2 Å². The summed E-state index contributed by atoms with van der Waals surface area (Å²) in [6.07, 6.45) is 0.629. The zero-order valence-electron chi connectivity index (χ0n) is 31.0. The number of benzene rings is 6. The van der Waals surface area contributed by atoms with E-state index >= 15 is 0 Å². The summed E-state index contributed by atoms with van der Waals surface area (Å²) in [6.45, 7) is 7.69. The molecule has 6 aromatic rings. The van der Waals surface area contributed by atoms with Crippen LogP contribution in [-0.4, -0.2) is 9.11 Å². The second-order valence-electron chi connectivity index (χ2n) is 12.8. The topological polar surface area (TPSA) is 86.6 Å². The van der Waals surface area contributed by atoms with Crippen molar-refractivity contribution in [3.63, 3.8) is 0 Å². The number of rotatable bonds is 8. The fourth-order valence-corrected chi connectivity index (χ4v) is 8.20. The van der Waals surface area contributed by atoms with Crippen molar-refractivity contribution in [3.05, 3.63) is 191 Å². The molecular formula is C48H44O4S2. The first-order valence-corrected chi connectivity index (χ1v) is 20.2. The summed E-state index contributed by atoms with van der Waals surface area (Å²) in [5.74, 6) is 11.9. The summed E-state index contributed by atoms with van der Waals surface area (Å²) in [5, 5.41) is 27.2. The van der Waals surface area contributed by atoms with Gasteiger partial charge in [-0.25, -0.2) is 0 Å². The average molecular weight is 749 g/mol. The quantitative estimate of drug-likeness (QED) is 0.120. The Kier molecular flexibility index (Phi) is 14.0. The van der Waals surface area contributed by atoms with E-state index in [9.17, 15) is 19.3 Å². The van der Waals surface area contributed by atoms with Crippen molar-refractivity contribution in [2.45, 2.75) is 71.3 Å². The summed E-state index contributed by atoms with van der Waals surface area (Å²) in [5.41, 5.74) is 1.81. The SMILES string of the molecule is CC[C@@]([O-])(C#Cc1ccccc1)c1ccccc1[S+](O)c1ccc(C)cc1.CC[C@@]([O-])(C#Cc1ccccc1)c1ccccc1[S+](O)c1ccc(C)cc1. The first kappa shape index (κ1) is 40.2. The van der Waals surface area contributed by atoms with Crippen molar-refractivity contribution in [2.75, 3.05) is 0 Å². The lowest BCUT2D eigenvalue weighted by Crippen LogP contribution is -2.39. The van der Waals surface area contributed by atoms with Gasteiger partial charge in [-0.3, -0.25) is 0 Å². The Morgan fingerprint density at radius 1 is 0.463 bits per heavy atom. The Balaban J connectivity index is 0.000000208. The van der Waals surface area contributed by atoms with E-state index in [2.05, 4.69) is 23.7 Å².